The predicted molar refractivity (Wildman–Crippen MR) is 18.7 cm³/mol. The van der Waals surface area contributed by atoms with Crippen LogP contribution in [0.3, 0.4) is 0 Å². The normalized spacial score (nSPS) is 0. The van der Waals surface area contributed by atoms with Crippen LogP contribution in [0.2, 0.25) is 0 Å². The summed E-state index contributed by atoms with van der Waals surface area (Å²) in [5.41, 5.74) is 0. The first-order valence-electron chi connectivity index (χ1n) is 0. The molecule has 0 nitrogen and oxygen atoms in total. The molecule has 0 aliphatic rings. The van der Waals surface area contributed by atoms with E-state index in [4.69, 9.17) is 0 Å². The molecule has 0 aromatic rings. The summed E-state index contributed by atoms with van der Waals surface area (Å²) >= 11 is 0. The third-order valence-corrected chi connectivity index (χ3v) is 0. The number of rotatable bonds is 0. The van der Waals surface area contributed by atoms with Crippen LogP contribution in [-0.4, -0.2) is 0 Å². The molecule has 0 aromatic carbocycles. The second-order valence-corrected chi connectivity index (χ2v) is 0. The van der Waals surface area contributed by atoms with Crippen molar-refractivity contribution >= 4 is 29.4 Å². The summed E-state index contributed by atoms with van der Waals surface area (Å²) in [5, 5.41) is 0. The smallest absolute Gasteiger partial charge is 1.00 e. The minimum Gasteiger partial charge on any atom is -1.00 e. The van der Waals surface area contributed by atoms with Gasteiger partial charge in [-0.1, -0.05) is 0 Å². The van der Waals surface area contributed by atoms with Crippen LogP contribution in [-0.2, 0) is 17.1 Å². The molecule has 0 heterocycles. The van der Waals surface area contributed by atoms with Crippen molar-refractivity contribution in [2.24, 2.45) is 0 Å². The van der Waals surface area contributed by atoms with Crippen molar-refractivity contribution < 1.29 is 87.4 Å². The van der Waals surface area contributed by atoms with E-state index in [0.29, 0.717) is 0 Å². The molecule has 4 heavy (non-hydrogen) atoms. The molecule has 29 valence electrons. The zero-order chi connectivity index (χ0) is 0. The Morgan fingerprint density at radius 2 is 1.25 bits per heavy atom. The van der Waals surface area contributed by atoms with Gasteiger partial charge >= 0.3 is 68.9 Å². The van der Waals surface area contributed by atoms with E-state index in [9.17, 15) is 0 Å². The second kappa shape index (κ2) is 16.2. The summed E-state index contributed by atoms with van der Waals surface area (Å²) in [4.78, 5) is 0. The fraction of sp³-hybridized carbons (Fsp3) is 0. The fourth-order valence-electron chi connectivity index (χ4n) is 0. The average Bonchev–Trinajstić information content (AvgIpc) is 0. The van der Waals surface area contributed by atoms with Crippen molar-refractivity contribution in [2.75, 3.05) is 0 Å². The van der Waals surface area contributed by atoms with E-state index in [1.54, 1.807) is 0 Å². The molecule has 0 unspecified atom stereocenters. The van der Waals surface area contributed by atoms with E-state index in [1.165, 1.54) is 0 Å². The molecule has 0 spiro atoms. The van der Waals surface area contributed by atoms with E-state index in [1.807, 2.05) is 0 Å². The van der Waals surface area contributed by atoms with Crippen LogP contribution in [0.15, 0.2) is 0 Å². The maximum Gasteiger partial charge on any atom is 1.00 e. The predicted octanol–water partition coefficient (Wildman–Crippen LogP) is -1.89. The number of hydrogen-bond acceptors (Lipinski definition) is 0. The first kappa shape index (κ1) is 26.4. The second-order valence-electron chi connectivity index (χ2n) is 0. The standard InChI is InChI=1S/BrH.ClH.Cs.Cu.H/h2*1H;;;/q;;+1;;-1. The Hall–Kier alpha value is 3.34. The molecule has 0 rings (SSSR count). The van der Waals surface area contributed by atoms with Gasteiger partial charge in [0.05, 0.1) is 0 Å². The van der Waals surface area contributed by atoms with Gasteiger partial charge in [-0.2, -0.15) is 0 Å². The zero-order valence-corrected chi connectivity index (χ0v) is 11.9. The Balaban J connectivity index is 0. The molecule has 0 N–H and O–H groups in total. The van der Waals surface area contributed by atoms with Crippen molar-refractivity contribution in [3.05, 3.63) is 0 Å². The van der Waals surface area contributed by atoms with Crippen LogP contribution in [0.4, 0.5) is 0 Å². The monoisotopic (exact) mass is 313 g/mol. The molecule has 0 saturated heterocycles. The Morgan fingerprint density at radius 3 is 1.25 bits per heavy atom. The first-order valence-corrected chi connectivity index (χ1v) is 0. The van der Waals surface area contributed by atoms with Gasteiger partial charge in [0.1, 0.15) is 0 Å². The fourth-order valence-corrected chi connectivity index (χ4v) is 0. The van der Waals surface area contributed by atoms with Crippen LogP contribution < -0.4 is 68.9 Å². The third-order valence-electron chi connectivity index (χ3n) is 0. The SMILES string of the molecule is Br.Cl.[Cs+].[Cu].[H-]. The van der Waals surface area contributed by atoms with Gasteiger partial charge in [0, 0.05) is 17.1 Å². The molecular formula is H3BrClCsCu. The van der Waals surface area contributed by atoms with Crippen molar-refractivity contribution in [3.8, 4) is 0 Å². The Labute approximate surface area is 113 Å². The van der Waals surface area contributed by atoms with Crippen LogP contribution in [0, 0.1) is 0 Å². The molecule has 0 atom stereocenters. The Bertz CT molecular complexity index is 11.6. The zero-order valence-electron chi connectivity index (χ0n) is 3.12. The Morgan fingerprint density at radius 1 is 1.25 bits per heavy atom. The minimum atomic E-state index is 0. The first-order chi connectivity index (χ1) is 0. The van der Waals surface area contributed by atoms with E-state index in [0.717, 1.165) is 0 Å². The van der Waals surface area contributed by atoms with E-state index in [-0.39, 0.29) is 117 Å². The summed E-state index contributed by atoms with van der Waals surface area (Å²) < 4.78 is 0. The molecule has 0 saturated carbocycles. The van der Waals surface area contributed by atoms with Crippen molar-refractivity contribution in [3.63, 3.8) is 0 Å². The van der Waals surface area contributed by atoms with E-state index < -0.39 is 0 Å². The molecule has 4 heteroatoms. The minimum absolute atomic E-state index is 0. The van der Waals surface area contributed by atoms with Crippen LogP contribution in [0.5, 0.6) is 0 Å². The number of halogens is 2. The van der Waals surface area contributed by atoms with Gasteiger partial charge in [-0.15, -0.1) is 29.4 Å². The summed E-state index contributed by atoms with van der Waals surface area (Å²) in [6.45, 7) is 0. The quantitative estimate of drug-likeness (QED) is 0.459. The van der Waals surface area contributed by atoms with Gasteiger partial charge in [-0.3, -0.25) is 0 Å². The molecule has 0 fully saturated rings. The molecule has 0 aromatic heterocycles. The van der Waals surface area contributed by atoms with Crippen molar-refractivity contribution in [1.82, 2.24) is 0 Å². The Kier molecular flexibility index (Phi) is 107. The molecule has 0 amide bonds. The van der Waals surface area contributed by atoms with E-state index >= 15 is 0 Å². The summed E-state index contributed by atoms with van der Waals surface area (Å²) in [6, 6.07) is 0. The maximum atomic E-state index is 0. The van der Waals surface area contributed by atoms with Crippen LogP contribution in [0.1, 0.15) is 1.43 Å². The van der Waals surface area contributed by atoms with Gasteiger partial charge in [0.15, 0.2) is 0 Å². The van der Waals surface area contributed by atoms with Gasteiger partial charge in [-0.25, -0.2) is 0 Å². The largest absolute Gasteiger partial charge is 1.00 e. The maximum absolute atomic E-state index is 0. The molecule has 0 aliphatic heterocycles. The summed E-state index contributed by atoms with van der Waals surface area (Å²) in [5.74, 6) is 0. The molecular weight excluding hydrogens is 312 g/mol. The van der Waals surface area contributed by atoms with Gasteiger partial charge in [0.2, 0.25) is 0 Å². The molecule has 0 bridgehead atoms. The van der Waals surface area contributed by atoms with Gasteiger partial charge < -0.3 is 1.43 Å². The topological polar surface area (TPSA) is 0 Å². The molecule has 0 aliphatic carbocycles. The average molecular weight is 315 g/mol. The van der Waals surface area contributed by atoms with Crippen LogP contribution >= 0.6 is 29.4 Å². The number of hydrogen-bond donors (Lipinski definition) is 0. The summed E-state index contributed by atoms with van der Waals surface area (Å²) in [7, 11) is 0. The van der Waals surface area contributed by atoms with Gasteiger partial charge in [0.25, 0.3) is 0 Å². The molecule has 1 radical (unpaired) electrons. The third kappa shape index (κ3) is 9.02. The van der Waals surface area contributed by atoms with E-state index in [2.05, 4.69) is 0 Å². The summed E-state index contributed by atoms with van der Waals surface area (Å²) in [6.07, 6.45) is 0. The van der Waals surface area contributed by atoms with Crippen molar-refractivity contribution in [2.45, 2.75) is 0 Å². The van der Waals surface area contributed by atoms with Gasteiger partial charge in [-0.05, 0) is 0 Å². The van der Waals surface area contributed by atoms with Crippen LogP contribution in [0.25, 0.3) is 0 Å². The van der Waals surface area contributed by atoms with Crippen molar-refractivity contribution in [1.29, 1.82) is 0 Å².